The molecule has 2 aromatic heterocycles. The second-order valence-electron chi connectivity index (χ2n) is 6.39. The van der Waals surface area contributed by atoms with Crippen LogP contribution in [-0.2, 0) is 10.9 Å². The molecule has 1 amide bonds. The molecule has 156 valence electrons. The number of hydrogen-bond donors (Lipinski definition) is 1. The Bertz CT molecular complexity index is 949. The van der Waals surface area contributed by atoms with Gasteiger partial charge in [0.05, 0.1) is 24.6 Å². The summed E-state index contributed by atoms with van der Waals surface area (Å²) in [6, 6.07) is 1.68. The highest BCUT2D eigenvalue weighted by atomic mass is 35.5. The maximum Gasteiger partial charge on any atom is 0.417 e. The first-order chi connectivity index (χ1) is 13.7. The largest absolute Gasteiger partial charge is 0.453 e. The molecule has 0 bridgehead atoms. The molecule has 0 aromatic carbocycles. The number of piperidine rings is 1. The number of nitrogens with zero attached hydrogens (tertiary/aromatic N) is 4. The van der Waals surface area contributed by atoms with Crippen molar-refractivity contribution in [3.8, 4) is 5.82 Å². The van der Waals surface area contributed by atoms with Gasteiger partial charge in [-0.3, -0.25) is 4.79 Å². The summed E-state index contributed by atoms with van der Waals surface area (Å²) in [4.78, 5) is 29.4. The summed E-state index contributed by atoms with van der Waals surface area (Å²) in [5.41, 5.74) is -1.41. The van der Waals surface area contributed by atoms with Crippen LogP contribution in [0.5, 0.6) is 0 Å². The molecular formula is C17H17ClF3N5O3. The minimum absolute atomic E-state index is 0.0917. The van der Waals surface area contributed by atoms with Gasteiger partial charge in [-0.1, -0.05) is 11.6 Å². The minimum Gasteiger partial charge on any atom is -0.453 e. The highest BCUT2D eigenvalue weighted by molar-refractivity contribution is 6.32. The number of hydrogen-bond acceptors (Lipinski definition) is 6. The van der Waals surface area contributed by atoms with E-state index >= 15 is 0 Å². The van der Waals surface area contributed by atoms with Crippen molar-refractivity contribution in [3.05, 3.63) is 45.5 Å². The molecule has 29 heavy (non-hydrogen) atoms. The molecule has 1 N–H and O–H groups in total. The topological polar surface area (TPSA) is 89.3 Å². The van der Waals surface area contributed by atoms with Crippen molar-refractivity contribution in [2.75, 3.05) is 25.5 Å². The molecule has 12 heteroatoms. The van der Waals surface area contributed by atoms with Crippen molar-refractivity contribution < 1.29 is 22.7 Å². The zero-order chi connectivity index (χ0) is 21.2. The van der Waals surface area contributed by atoms with E-state index in [4.69, 9.17) is 16.3 Å². The smallest absolute Gasteiger partial charge is 0.417 e. The molecule has 1 atom stereocenters. The van der Waals surface area contributed by atoms with Crippen LogP contribution in [0, 0.1) is 0 Å². The molecule has 1 saturated heterocycles. The van der Waals surface area contributed by atoms with E-state index in [1.807, 2.05) is 0 Å². The number of halogens is 4. The fraction of sp³-hybridized carbons (Fsp3) is 0.412. The van der Waals surface area contributed by atoms with Crippen molar-refractivity contribution >= 4 is 23.4 Å². The number of likely N-dealkylation sites (tertiary alicyclic amines) is 1. The van der Waals surface area contributed by atoms with Crippen LogP contribution in [0.1, 0.15) is 18.4 Å². The van der Waals surface area contributed by atoms with Crippen molar-refractivity contribution in [2.24, 2.45) is 0 Å². The van der Waals surface area contributed by atoms with Crippen LogP contribution in [-0.4, -0.2) is 52.0 Å². The number of carbonyl (C=O) groups is 1. The molecule has 0 radical (unpaired) electrons. The van der Waals surface area contributed by atoms with E-state index in [0.29, 0.717) is 19.3 Å². The Morgan fingerprint density at radius 3 is 2.72 bits per heavy atom. The number of methoxy groups -OCH3 is 1. The number of aromatic nitrogens is 3. The Labute approximate surface area is 168 Å². The fourth-order valence-electron chi connectivity index (χ4n) is 2.99. The fourth-order valence-corrected chi connectivity index (χ4v) is 3.17. The first kappa shape index (κ1) is 20.9. The number of anilines is 1. The van der Waals surface area contributed by atoms with Gasteiger partial charge in [-0.15, -0.1) is 0 Å². The van der Waals surface area contributed by atoms with Gasteiger partial charge in [-0.05, 0) is 25.0 Å². The Morgan fingerprint density at radius 2 is 2.10 bits per heavy atom. The molecule has 0 aliphatic carbocycles. The minimum atomic E-state index is -4.53. The molecular weight excluding hydrogens is 415 g/mol. The van der Waals surface area contributed by atoms with Crippen LogP contribution in [0.4, 0.5) is 23.7 Å². The standard InChI is InChI=1S/C17H17ClF3N5O3/c1-29-16(28)25-6-2-3-11(9-25)24-12-8-23-26(15(27)14(12)18)13-5-4-10(7-22-13)17(19,20)21/h4-5,7-8,11,24H,2-3,6,9H2,1H3. The van der Waals surface area contributed by atoms with Gasteiger partial charge in [-0.2, -0.15) is 23.0 Å². The SMILES string of the molecule is COC(=O)N1CCCC(Nc2cnn(-c3ccc(C(F)(F)F)cn3)c(=O)c2Cl)C1. The molecule has 8 nitrogen and oxygen atoms in total. The van der Waals surface area contributed by atoms with Gasteiger partial charge in [0.15, 0.2) is 5.82 Å². The first-order valence-electron chi connectivity index (χ1n) is 8.61. The Hall–Kier alpha value is -2.82. The number of rotatable bonds is 3. The van der Waals surface area contributed by atoms with Crippen molar-refractivity contribution in [1.29, 1.82) is 0 Å². The van der Waals surface area contributed by atoms with E-state index in [0.717, 1.165) is 29.7 Å². The summed E-state index contributed by atoms with van der Waals surface area (Å²) in [5, 5.41) is 6.84. The molecule has 1 aliphatic heterocycles. The van der Waals surface area contributed by atoms with Gasteiger partial charge < -0.3 is 15.0 Å². The van der Waals surface area contributed by atoms with E-state index in [1.54, 1.807) is 0 Å². The zero-order valence-electron chi connectivity index (χ0n) is 15.2. The predicted octanol–water partition coefficient (Wildman–Crippen LogP) is 2.94. The number of nitrogens with one attached hydrogen (secondary N) is 1. The summed E-state index contributed by atoms with van der Waals surface area (Å²) >= 11 is 6.15. The second-order valence-corrected chi connectivity index (χ2v) is 6.77. The average Bonchev–Trinajstić information content (AvgIpc) is 2.70. The van der Waals surface area contributed by atoms with Gasteiger partial charge in [0.25, 0.3) is 5.56 Å². The lowest BCUT2D eigenvalue weighted by atomic mass is 10.1. The summed E-state index contributed by atoms with van der Waals surface area (Å²) in [5.74, 6) is -0.0917. The molecule has 0 spiro atoms. The van der Waals surface area contributed by atoms with Crippen LogP contribution in [0.3, 0.4) is 0 Å². The van der Waals surface area contributed by atoms with E-state index in [9.17, 15) is 22.8 Å². The molecule has 3 heterocycles. The average molecular weight is 432 g/mol. The number of ether oxygens (including phenoxy) is 1. The van der Waals surface area contributed by atoms with E-state index in [2.05, 4.69) is 15.4 Å². The third-order valence-corrected chi connectivity index (χ3v) is 4.79. The quantitative estimate of drug-likeness (QED) is 0.803. The molecule has 1 fully saturated rings. The van der Waals surface area contributed by atoms with Crippen LogP contribution in [0.15, 0.2) is 29.3 Å². The number of pyridine rings is 1. The number of carbonyl (C=O) groups excluding carboxylic acids is 1. The number of alkyl halides is 3. The molecule has 3 rings (SSSR count). The van der Waals surface area contributed by atoms with E-state index < -0.39 is 23.4 Å². The van der Waals surface area contributed by atoms with Gasteiger partial charge in [0.1, 0.15) is 5.02 Å². The summed E-state index contributed by atoms with van der Waals surface area (Å²) in [7, 11) is 1.30. The van der Waals surface area contributed by atoms with Gasteiger partial charge >= 0.3 is 12.3 Å². The van der Waals surface area contributed by atoms with Crippen molar-refractivity contribution in [1.82, 2.24) is 19.7 Å². The van der Waals surface area contributed by atoms with E-state index in [-0.39, 0.29) is 22.6 Å². The summed E-state index contributed by atoms with van der Waals surface area (Å²) in [6.07, 6.45) is -1.58. The summed E-state index contributed by atoms with van der Waals surface area (Å²) < 4.78 is 43.5. The maximum absolute atomic E-state index is 12.7. The highest BCUT2D eigenvalue weighted by Gasteiger charge is 2.31. The Morgan fingerprint density at radius 1 is 1.34 bits per heavy atom. The molecule has 0 saturated carbocycles. The molecule has 1 aliphatic rings. The molecule has 1 unspecified atom stereocenters. The van der Waals surface area contributed by atoms with Gasteiger partial charge in [0.2, 0.25) is 0 Å². The van der Waals surface area contributed by atoms with Crippen LogP contribution in [0.2, 0.25) is 5.02 Å². The Kier molecular flexibility index (Phi) is 5.96. The zero-order valence-corrected chi connectivity index (χ0v) is 16.0. The van der Waals surface area contributed by atoms with Crippen molar-refractivity contribution in [2.45, 2.75) is 25.1 Å². The van der Waals surface area contributed by atoms with Crippen LogP contribution >= 0.6 is 11.6 Å². The monoisotopic (exact) mass is 431 g/mol. The normalized spacial score (nSPS) is 17.1. The van der Waals surface area contributed by atoms with Gasteiger partial charge in [0, 0.05) is 25.3 Å². The lowest BCUT2D eigenvalue weighted by molar-refractivity contribution is -0.137. The van der Waals surface area contributed by atoms with E-state index in [1.165, 1.54) is 18.2 Å². The van der Waals surface area contributed by atoms with Crippen LogP contribution < -0.4 is 10.9 Å². The highest BCUT2D eigenvalue weighted by Crippen LogP contribution is 2.28. The lowest BCUT2D eigenvalue weighted by Gasteiger charge is -2.32. The molecule has 2 aromatic rings. The van der Waals surface area contributed by atoms with Crippen LogP contribution in [0.25, 0.3) is 5.82 Å². The predicted molar refractivity (Wildman–Crippen MR) is 98.3 cm³/mol. The van der Waals surface area contributed by atoms with Gasteiger partial charge in [-0.25, -0.2) is 9.78 Å². The maximum atomic E-state index is 12.7. The third kappa shape index (κ3) is 4.61. The first-order valence-corrected chi connectivity index (χ1v) is 8.99. The van der Waals surface area contributed by atoms with Crippen molar-refractivity contribution in [3.63, 3.8) is 0 Å². The number of amides is 1. The Balaban J connectivity index is 1.79. The summed E-state index contributed by atoms with van der Waals surface area (Å²) in [6.45, 7) is 0.935. The second kappa shape index (κ2) is 8.27. The third-order valence-electron chi connectivity index (χ3n) is 4.42. The lowest BCUT2D eigenvalue weighted by Crippen LogP contribution is -2.45.